The van der Waals surface area contributed by atoms with Gasteiger partial charge >= 0.3 is 11.0 Å². The Hall–Kier alpha value is -2.81. The van der Waals surface area contributed by atoms with Crippen molar-refractivity contribution in [1.29, 1.82) is 0 Å². The topological polar surface area (TPSA) is 110 Å². The van der Waals surface area contributed by atoms with Crippen LogP contribution < -0.4 is 5.32 Å². The van der Waals surface area contributed by atoms with Gasteiger partial charge in [-0.3, -0.25) is 14.9 Å². The van der Waals surface area contributed by atoms with Gasteiger partial charge in [0.15, 0.2) is 0 Å². The third-order valence-electron chi connectivity index (χ3n) is 2.50. The molecule has 0 saturated heterocycles. The summed E-state index contributed by atoms with van der Waals surface area (Å²) in [5.74, 6) is -3.27. The van der Waals surface area contributed by atoms with Crippen molar-refractivity contribution in [2.45, 2.75) is 0 Å². The first-order valence-corrected chi connectivity index (χ1v) is 6.34. The van der Waals surface area contributed by atoms with Crippen molar-refractivity contribution in [2.75, 3.05) is 5.32 Å². The summed E-state index contributed by atoms with van der Waals surface area (Å²) in [6.45, 7) is 0. The van der Waals surface area contributed by atoms with E-state index in [2.05, 4.69) is 5.32 Å². The zero-order valence-corrected chi connectivity index (χ0v) is 11.0. The summed E-state index contributed by atoms with van der Waals surface area (Å²) in [5.41, 5.74) is -0.899. The van der Waals surface area contributed by atoms with Crippen LogP contribution in [0.5, 0.6) is 0 Å². The van der Waals surface area contributed by atoms with E-state index in [1.165, 1.54) is 17.5 Å². The molecule has 7 nitrogen and oxygen atoms in total. The predicted octanol–water partition coefficient (Wildman–Crippen LogP) is 2.75. The summed E-state index contributed by atoms with van der Waals surface area (Å²) < 4.78 is 13.4. The molecule has 0 saturated carbocycles. The highest BCUT2D eigenvalue weighted by Gasteiger charge is 2.20. The second kappa shape index (κ2) is 5.67. The van der Waals surface area contributed by atoms with Crippen molar-refractivity contribution < 1.29 is 24.0 Å². The van der Waals surface area contributed by atoms with Gasteiger partial charge in [0.1, 0.15) is 11.4 Å². The molecule has 1 heterocycles. The summed E-state index contributed by atoms with van der Waals surface area (Å²) >= 11 is 0.760. The highest BCUT2D eigenvalue weighted by molar-refractivity contribution is 7.13. The molecule has 1 aromatic heterocycles. The average Bonchev–Trinajstić information content (AvgIpc) is 2.88. The van der Waals surface area contributed by atoms with Crippen molar-refractivity contribution in [3.63, 3.8) is 0 Å². The molecular formula is C12H7FN2O5S. The number of carbonyl (C=O) groups is 2. The zero-order chi connectivity index (χ0) is 15.6. The maximum atomic E-state index is 13.4. The molecule has 1 amide bonds. The average molecular weight is 310 g/mol. The number of halogens is 1. The molecule has 0 aliphatic rings. The highest BCUT2D eigenvalue weighted by Crippen LogP contribution is 2.24. The number of hydrogen-bond donors (Lipinski definition) is 2. The van der Waals surface area contributed by atoms with Crippen LogP contribution in [-0.2, 0) is 0 Å². The molecule has 9 heteroatoms. The molecule has 2 aromatic rings. The molecule has 1 aromatic carbocycles. The van der Waals surface area contributed by atoms with Crippen LogP contribution in [-0.4, -0.2) is 21.9 Å². The summed E-state index contributed by atoms with van der Waals surface area (Å²) in [5, 5.41) is 22.7. The standard InChI is InChI=1S/C12H7FN2O5S/c13-7-2-1-3-8(10(7)12(17)18)14-11(16)6-4-9(15(19)20)21-5-6/h1-5H,(H,14,16)(H,17,18). The number of nitrogens with zero attached hydrogens (tertiary/aromatic N) is 1. The molecule has 0 atom stereocenters. The van der Waals surface area contributed by atoms with Gasteiger partial charge in [0.2, 0.25) is 0 Å². The number of carbonyl (C=O) groups excluding carboxylic acids is 1. The molecule has 0 unspecified atom stereocenters. The lowest BCUT2D eigenvalue weighted by molar-refractivity contribution is -0.380. The number of nitro groups is 1. The number of amides is 1. The van der Waals surface area contributed by atoms with Gasteiger partial charge in [0.25, 0.3) is 5.91 Å². The fourth-order valence-electron chi connectivity index (χ4n) is 1.58. The monoisotopic (exact) mass is 310 g/mol. The minimum atomic E-state index is -1.53. The molecule has 2 rings (SSSR count). The van der Waals surface area contributed by atoms with Crippen LogP contribution in [0.15, 0.2) is 29.6 Å². The molecule has 0 radical (unpaired) electrons. The second-order valence-corrected chi connectivity index (χ2v) is 4.74. The van der Waals surface area contributed by atoms with Crippen LogP contribution in [0, 0.1) is 15.9 Å². The number of benzene rings is 1. The van der Waals surface area contributed by atoms with Gasteiger partial charge in [-0.25, -0.2) is 9.18 Å². The number of hydrogen-bond acceptors (Lipinski definition) is 5. The van der Waals surface area contributed by atoms with Gasteiger partial charge in [-0.05, 0) is 12.1 Å². The minimum Gasteiger partial charge on any atom is -0.478 e. The highest BCUT2D eigenvalue weighted by atomic mass is 32.1. The molecule has 0 spiro atoms. The lowest BCUT2D eigenvalue weighted by Crippen LogP contribution is -2.15. The maximum Gasteiger partial charge on any atom is 0.340 e. The fourth-order valence-corrected chi connectivity index (χ4v) is 2.28. The predicted molar refractivity (Wildman–Crippen MR) is 72.3 cm³/mol. The van der Waals surface area contributed by atoms with E-state index in [0.717, 1.165) is 23.5 Å². The normalized spacial score (nSPS) is 10.1. The Morgan fingerprint density at radius 2 is 2.10 bits per heavy atom. The summed E-state index contributed by atoms with van der Waals surface area (Å²) in [6, 6.07) is 4.48. The zero-order valence-electron chi connectivity index (χ0n) is 10.2. The van der Waals surface area contributed by atoms with Crippen LogP contribution in [0.3, 0.4) is 0 Å². The van der Waals surface area contributed by atoms with Crippen LogP contribution in [0.4, 0.5) is 15.1 Å². The van der Waals surface area contributed by atoms with Gasteiger partial charge in [-0.2, -0.15) is 0 Å². The molecule has 0 bridgehead atoms. The van der Waals surface area contributed by atoms with E-state index in [4.69, 9.17) is 5.11 Å². The smallest absolute Gasteiger partial charge is 0.340 e. The number of nitrogens with one attached hydrogen (secondary N) is 1. The first-order valence-electron chi connectivity index (χ1n) is 5.46. The quantitative estimate of drug-likeness (QED) is 0.666. The molecular weight excluding hydrogens is 303 g/mol. The lowest BCUT2D eigenvalue weighted by Gasteiger charge is -2.08. The van der Waals surface area contributed by atoms with E-state index in [0.29, 0.717) is 0 Å². The van der Waals surface area contributed by atoms with E-state index in [9.17, 15) is 24.1 Å². The largest absolute Gasteiger partial charge is 0.478 e. The third-order valence-corrected chi connectivity index (χ3v) is 3.38. The molecule has 0 aliphatic heterocycles. The first kappa shape index (κ1) is 14.6. The number of anilines is 1. The Morgan fingerprint density at radius 1 is 1.38 bits per heavy atom. The van der Waals surface area contributed by atoms with E-state index >= 15 is 0 Å². The van der Waals surface area contributed by atoms with Gasteiger partial charge in [0, 0.05) is 11.4 Å². The second-order valence-electron chi connectivity index (χ2n) is 3.85. The Labute approximate surface area is 120 Å². The Kier molecular flexibility index (Phi) is 3.94. The summed E-state index contributed by atoms with van der Waals surface area (Å²) in [7, 11) is 0. The maximum absolute atomic E-state index is 13.4. The summed E-state index contributed by atoms with van der Waals surface area (Å²) in [6.07, 6.45) is 0. The van der Waals surface area contributed by atoms with E-state index in [1.807, 2.05) is 0 Å². The van der Waals surface area contributed by atoms with Crippen molar-refractivity contribution in [3.05, 3.63) is 56.7 Å². The molecule has 0 aliphatic carbocycles. The third kappa shape index (κ3) is 3.03. The van der Waals surface area contributed by atoms with Crippen molar-refractivity contribution in [2.24, 2.45) is 0 Å². The van der Waals surface area contributed by atoms with Gasteiger partial charge in [-0.1, -0.05) is 17.4 Å². The minimum absolute atomic E-state index is 0.00713. The SMILES string of the molecule is O=C(Nc1cccc(F)c1C(=O)O)c1csc([N+](=O)[O-])c1. The number of rotatable bonds is 4. The van der Waals surface area contributed by atoms with Crippen LogP contribution in [0.25, 0.3) is 0 Å². The fraction of sp³-hybridized carbons (Fsp3) is 0. The van der Waals surface area contributed by atoms with Crippen molar-refractivity contribution in [1.82, 2.24) is 0 Å². The molecule has 108 valence electrons. The Balaban J connectivity index is 2.29. The van der Waals surface area contributed by atoms with Crippen LogP contribution in [0.2, 0.25) is 0 Å². The van der Waals surface area contributed by atoms with Crippen molar-refractivity contribution in [3.8, 4) is 0 Å². The van der Waals surface area contributed by atoms with Crippen LogP contribution in [0.1, 0.15) is 20.7 Å². The number of carboxylic acids is 1. The van der Waals surface area contributed by atoms with Crippen molar-refractivity contribution >= 4 is 33.9 Å². The van der Waals surface area contributed by atoms with Gasteiger partial charge in [0.05, 0.1) is 16.2 Å². The molecule has 0 fully saturated rings. The number of carboxylic acid groups (broad SMARTS) is 1. The van der Waals surface area contributed by atoms with E-state index < -0.39 is 28.2 Å². The molecule has 21 heavy (non-hydrogen) atoms. The Bertz CT molecular complexity index is 743. The van der Waals surface area contributed by atoms with Gasteiger partial charge < -0.3 is 10.4 Å². The van der Waals surface area contributed by atoms with E-state index in [1.54, 1.807) is 0 Å². The first-order chi connectivity index (χ1) is 9.90. The van der Waals surface area contributed by atoms with Gasteiger partial charge in [-0.15, -0.1) is 0 Å². The van der Waals surface area contributed by atoms with E-state index in [-0.39, 0.29) is 16.3 Å². The molecule has 2 N–H and O–H groups in total. The number of aromatic carboxylic acids is 1. The Morgan fingerprint density at radius 3 is 2.67 bits per heavy atom. The number of thiophene rings is 1. The van der Waals surface area contributed by atoms with Crippen LogP contribution >= 0.6 is 11.3 Å². The summed E-state index contributed by atoms with van der Waals surface area (Å²) in [4.78, 5) is 32.8. The lowest BCUT2D eigenvalue weighted by atomic mass is 10.1.